The quantitative estimate of drug-likeness (QED) is 0.776. The van der Waals surface area contributed by atoms with E-state index < -0.39 is 0 Å². The predicted molar refractivity (Wildman–Crippen MR) is 102 cm³/mol. The molecule has 0 unspecified atom stereocenters. The van der Waals surface area contributed by atoms with Crippen molar-refractivity contribution in [2.45, 2.75) is 31.8 Å². The number of carbonyl (C=O) groups is 1. The maximum Gasteiger partial charge on any atom is 0.231 e. The molecule has 2 aliphatic heterocycles. The Morgan fingerprint density at radius 1 is 1.23 bits per heavy atom. The zero-order chi connectivity index (χ0) is 17.5. The summed E-state index contributed by atoms with van der Waals surface area (Å²) in [5.74, 6) is 0.163. The highest BCUT2D eigenvalue weighted by Crippen LogP contribution is 2.32. The van der Waals surface area contributed by atoms with Gasteiger partial charge in [-0.15, -0.1) is 0 Å². The van der Waals surface area contributed by atoms with Gasteiger partial charge in [0.2, 0.25) is 5.91 Å². The van der Waals surface area contributed by atoms with Crippen LogP contribution in [0, 0.1) is 0 Å². The molecule has 132 valence electrons. The summed E-state index contributed by atoms with van der Waals surface area (Å²) in [5, 5.41) is 1.03. The molecule has 0 aliphatic carbocycles. The molecule has 1 saturated heterocycles. The molecular formula is C21H22N4O. The summed E-state index contributed by atoms with van der Waals surface area (Å²) in [6, 6.07) is 12.8. The highest BCUT2D eigenvalue weighted by Gasteiger charge is 2.33. The SMILES string of the molecule is O=C(Cc1c[nH]c2ncccc12)N1C[C@@H]2CCCN2Cc2ccccc21. The second-order valence-electron chi connectivity index (χ2n) is 7.29. The lowest BCUT2D eigenvalue weighted by Gasteiger charge is -2.26. The van der Waals surface area contributed by atoms with Crippen molar-refractivity contribution in [3.05, 3.63) is 59.9 Å². The van der Waals surface area contributed by atoms with Crippen molar-refractivity contribution in [1.29, 1.82) is 0 Å². The van der Waals surface area contributed by atoms with E-state index in [1.54, 1.807) is 6.20 Å². The van der Waals surface area contributed by atoms with Crippen LogP contribution >= 0.6 is 0 Å². The standard InChI is InChI=1S/C21H22N4O/c26-20(11-16-12-23-21-18(16)7-3-9-22-21)25-14-17-6-4-10-24(17)13-15-5-1-2-8-19(15)25/h1-3,5,7-9,12,17H,4,6,10-11,13-14H2,(H,22,23)/t17-/m0/s1. The molecule has 1 atom stereocenters. The van der Waals surface area contributed by atoms with Gasteiger partial charge >= 0.3 is 0 Å². The third kappa shape index (κ3) is 2.59. The van der Waals surface area contributed by atoms with Crippen LogP contribution in [0.5, 0.6) is 0 Å². The summed E-state index contributed by atoms with van der Waals surface area (Å²) in [7, 11) is 0. The van der Waals surface area contributed by atoms with Gasteiger partial charge in [-0.2, -0.15) is 0 Å². The van der Waals surface area contributed by atoms with E-state index in [1.807, 2.05) is 29.3 Å². The lowest BCUT2D eigenvalue weighted by molar-refractivity contribution is -0.118. The number of anilines is 1. The lowest BCUT2D eigenvalue weighted by atomic mass is 10.1. The van der Waals surface area contributed by atoms with Crippen LogP contribution in [0.1, 0.15) is 24.0 Å². The van der Waals surface area contributed by atoms with E-state index in [4.69, 9.17) is 0 Å². The summed E-state index contributed by atoms with van der Waals surface area (Å²) >= 11 is 0. The first-order valence-corrected chi connectivity index (χ1v) is 9.33. The van der Waals surface area contributed by atoms with Crippen LogP contribution in [0.4, 0.5) is 5.69 Å². The molecule has 5 nitrogen and oxygen atoms in total. The Kier molecular flexibility index (Phi) is 3.75. The minimum atomic E-state index is 0.163. The van der Waals surface area contributed by atoms with E-state index in [1.165, 1.54) is 18.4 Å². The second kappa shape index (κ2) is 6.25. The molecule has 26 heavy (non-hydrogen) atoms. The number of pyridine rings is 1. The average Bonchev–Trinajstić information content (AvgIpc) is 3.24. The number of aromatic nitrogens is 2. The Labute approximate surface area is 152 Å². The van der Waals surface area contributed by atoms with Crippen molar-refractivity contribution in [3.63, 3.8) is 0 Å². The molecular weight excluding hydrogens is 324 g/mol. The van der Waals surface area contributed by atoms with E-state index in [0.29, 0.717) is 12.5 Å². The number of rotatable bonds is 2. The molecule has 3 aromatic rings. The van der Waals surface area contributed by atoms with Crippen molar-refractivity contribution in [1.82, 2.24) is 14.9 Å². The number of hydrogen-bond donors (Lipinski definition) is 1. The van der Waals surface area contributed by atoms with E-state index in [0.717, 1.165) is 41.9 Å². The molecule has 5 heteroatoms. The Morgan fingerprint density at radius 2 is 2.15 bits per heavy atom. The van der Waals surface area contributed by atoms with Gasteiger partial charge in [-0.3, -0.25) is 9.69 Å². The highest BCUT2D eigenvalue weighted by atomic mass is 16.2. The first kappa shape index (κ1) is 15.6. The van der Waals surface area contributed by atoms with Gasteiger partial charge in [-0.1, -0.05) is 18.2 Å². The van der Waals surface area contributed by atoms with E-state index in [9.17, 15) is 4.79 Å². The Hall–Kier alpha value is -2.66. The summed E-state index contributed by atoms with van der Waals surface area (Å²) in [4.78, 5) is 25.3. The molecule has 0 bridgehead atoms. The fraction of sp³-hybridized carbons (Fsp3) is 0.333. The molecule has 2 aromatic heterocycles. The number of para-hydroxylation sites is 1. The Morgan fingerprint density at radius 3 is 3.12 bits per heavy atom. The molecule has 1 aromatic carbocycles. The van der Waals surface area contributed by atoms with Gasteiger partial charge in [0.1, 0.15) is 5.65 Å². The molecule has 2 aliphatic rings. The van der Waals surface area contributed by atoms with Gasteiger partial charge in [0.25, 0.3) is 0 Å². The number of nitrogens with one attached hydrogen (secondary N) is 1. The summed E-state index contributed by atoms with van der Waals surface area (Å²) in [6.07, 6.45) is 6.48. The smallest absolute Gasteiger partial charge is 0.231 e. The van der Waals surface area contributed by atoms with Crippen molar-refractivity contribution < 1.29 is 4.79 Å². The summed E-state index contributed by atoms with van der Waals surface area (Å²) in [6.45, 7) is 2.87. The maximum absolute atomic E-state index is 13.3. The van der Waals surface area contributed by atoms with Crippen molar-refractivity contribution in [2.75, 3.05) is 18.0 Å². The number of benzene rings is 1. The molecule has 5 rings (SSSR count). The van der Waals surface area contributed by atoms with Gasteiger partial charge in [0.05, 0.1) is 6.42 Å². The lowest BCUT2D eigenvalue weighted by Crippen LogP contribution is -2.41. The third-order valence-corrected chi connectivity index (χ3v) is 5.73. The Balaban J connectivity index is 1.48. The first-order valence-electron chi connectivity index (χ1n) is 9.33. The molecule has 0 spiro atoms. The molecule has 4 heterocycles. The van der Waals surface area contributed by atoms with Crippen molar-refractivity contribution >= 4 is 22.6 Å². The van der Waals surface area contributed by atoms with E-state index in [2.05, 4.69) is 33.1 Å². The zero-order valence-electron chi connectivity index (χ0n) is 14.7. The van der Waals surface area contributed by atoms with Crippen LogP contribution in [-0.2, 0) is 17.8 Å². The largest absolute Gasteiger partial charge is 0.346 e. The van der Waals surface area contributed by atoms with Gasteiger partial charge in [0.15, 0.2) is 0 Å². The zero-order valence-corrected chi connectivity index (χ0v) is 14.7. The third-order valence-electron chi connectivity index (χ3n) is 5.73. The fourth-order valence-electron chi connectivity index (χ4n) is 4.40. The number of hydrogen-bond acceptors (Lipinski definition) is 3. The van der Waals surface area contributed by atoms with Gasteiger partial charge in [0, 0.05) is 42.6 Å². The monoisotopic (exact) mass is 346 g/mol. The molecule has 0 radical (unpaired) electrons. The average molecular weight is 346 g/mol. The van der Waals surface area contributed by atoms with Crippen molar-refractivity contribution in [3.8, 4) is 0 Å². The molecule has 1 N–H and O–H groups in total. The second-order valence-corrected chi connectivity index (χ2v) is 7.29. The first-order chi connectivity index (χ1) is 12.8. The van der Waals surface area contributed by atoms with Crippen LogP contribution in [0.2, 0.25) is 0 Å². The molecule has 1 amide bonds. The van der Waals surface area contributed by atoms with Crippen LogP contribution in [0.3, 0.4) is 0 Å². The topological polar surface area (TPSA) is 52.2 Å². The van der Waals surface area contributed by atoms with Crippen LogP contribution in [-0.4, -0.2) is 39.9 Å². The van der Waals surface area contributed by atoms with Gasteiger partial charge in [-0.25, -0.2) is 4.98 Å². The highest BCUT2D eigenvalue weighted by molar-refractivity contribution is 5.98. The molecule has 1 fully saturated rings. The minimum Gasteiger partial charge on any atom is -0.346 e. The van der Waals surface area contributed by atoms with Crippen molar-refractivity contribution in [2.24, 2.45) is 0 Å². The predicted octanol–water partition coefficient (Wildman–Crippen LogP) is 3.12. The summed E-state index contributed by atoms with van der Waals surface area (Å²) in [5.41, 5.74) is 4.19. The summed E-state index contributed by atoms with van der Waals surface area (Å²) < 4.78 is 0. The van der Waals surface area contributed by atoms with Crippen LogP contribution < -0.4 is 4.90 Å². The number of carbonyl (C=O) groups excluding carboxylic acids is 1. The fourth-order valence-corrected chi connectivity index (χ4v) is 4.40. The van der Waals surface area contributed by atoms with Gasteiger partial charge in [-0.05, 0) is 48.7 Å². The number of amides is 1. The van der Waals surface area contributed by atoms with E-state index in [-0.39, 0.29) is 5.91 Å². The van der Waals surface area contributed by atoms with Crippen LogP contribution in [0.25, 0.3) is 11.0 Å². The number of aromatic amines is 1. The van der Waals surface area contributed by atoms with Gasteiger partial charge < -0.3 is 9.88 Å². The normalized spacial score (nSPS) is 20.0. The Bertz CT molecular complexity index is 963. The minimum absolute atomic E-state index is 0.163. The number of nitrogens with zero attached hydrogens (tertiary/aromatic N) is 3. The molecule has 0 saturated carbocycles. The number of fused-ring (bicyclic) bond motifs is 3. The maximum atomic E-state index is 13.3. The van der Waals surface area contributed by atoms with Crippen LogP contribution in [0.15, 0.2) is 48.8 Å². The number of H-pyrrole nitrogens is 1. The van der Waals surface area contributed by atoms with E-state index >= 15 is 0 Å².